The van der Waals surface area contributed by atoms with Gasteiger partial charge in [-0.05, 0) is 19.1 Å². The zero-order chi connectivity index (χ0) is 13.3. The van der Waals surface area contributed by atoms with Crippen molar-refractivity contribution in [2.24, 2.45) is 7.05 Å². The number of aromatic nitrogens is 2. The minimum atomic E-state index is 0.327. The summed E-state index contributed by atoms with van der Waals surface area (Å²) in [4.78, 5) is 0. The summed E-state index contributed by atoms with van der Waals surface area (Å²) >= 11 is 17.9. The van der Waals surface area contributed by atoms with Gasteiger partial charge >= 0.3 is 0 Å². The second kappa shape index (κ2) is 5.39. The van der Waals surface area contributed by atoms with E-state index in [1.807, 2.05) is 6.92 Å². The molecule has 0 aliphatic carbocycles. The van der Waals surface area contributed by atoms with Gasteiger partial charge in [0.05, 0.1) is 22.2 Å². The van der Waals surface area contributed by atoms with E-state index in [1.165, 1.54) is 0 Å². The molecule has 0 aliphatic heterocycles. The predicted octanol–water partition coefficient (Wildman–Crippen LogP) is 4.57. The van der Waals surface area contributed by atoms with Gasteiger partial charge in [0.2, 0.25) is 5.88 Å². The maximum absolute atomic E-state index is 6.08. The quantitative estimate of drug-likeness (QED) is 0.777. The van der Waals surface area contributed by atoms with Gasteiger partial charge in [-0.25, -0.2) is 4.68 Å². The third-order valence-corrected chi connectivity index (χ3v) is 3.61. The molecule has 1 aromatic heterocycles. The highest BCUT2D eigenvalue weighted by atomic mass is 35.5. The van der Waals surface area contributed by atoms with Crippen LogP contribution in [-0.4, -0.2) is 9.78 Å². The van der Waals surface area contributed by atoms with Crippen LogP contribution in [0.5, 0.6) is 11.6 Å². The van der Waals surface area contributed by atoms with Crippen LogP contribution >= 0.6 is 34.8 Å². The Bertz CT molecular complexity index is 581. The van der Waals surface area contributed by atoms with Crippen molar-refractivity contribution in [1.82, 2.24) is 9.78 Å². The molecule has 2 rings (SSSR count). The Labute approximate surface area is 120 Å². The van der Waals surface area contributed by atoms with E-state index < -0.39 is 0 Å². The fraction of sp³-hybridized carbons (Fsp3) is 0.250. The Kier molecular flexibility index (Phi) is 4.05. The van der Waals surface area contributed by atoms with E-state index in [0.29, 0.717) is 27.6 Å². The van der Waals surface area contributed by atoms with Crippen LogP contribution in [0.2, 0.25) is 10.0 Å². The minimum absolute atomic E-state index is 0.327. The van der Waals surface area contributed by atoms with E-state index in [0.717, 1.165) is 11.3 Å². The topological polar surface area (TPSA) is 27.1 Å². The van der Waals surface area contributed by atoms with E-state index in [4.69, 9.17) is 39.5 Å². The van der Waals surface area contributed by atoms with Crippen LogP contribution in [0.4, 0.5) is 0 Å². The highest BCUT2D eigenvalue weighted by Gasteiger charge is 2.16. The van der Waals surface area contributed by atoms with Crippen molar-refractivity contribution in [3.63, 3.8) is 0 Å². The van der Waals surface area contributed by atoms with Gasteiger partial charge in [-0.3, -0.25) is 0 Å². The molecule has 0 saturated heterocycles. The molecule has 0 aliphatic rings. The lowest BCUT2D eigenvalue weighted by molar-refractivity contribution is 0.427. The third kappa shape index (κ3) is 2.44. The summed E-state index contributed by atoms with van der Waals surface area (Å²) in [6.07, 6.45) is 0. The number of nitrogens with zero attached hydrogens (tertiary/aromatic N) is 2. The van der Waals surface area contributed by atoms with Crippen LogP contribution in [0.1, 0.15) is 11.3 Å². The van der Waals surface area contributed by atoms with Crippen molar-refractivity contribution in [1.29, 1.82) is 0 Å². The molecule has 0 fully saturated rings. The molecule has 18 heavy (non-hydrogen) atoms. The van der Waals surface area contributed by atoms with Gasteiger partial charge in [0.1, 0.15) is 10.8 Å². The van der Waals surface area contributed by atoms with Gasteiger partial charge in [0.15, 0.2) is 0 Å². The summed E-state index contributed by atoms with van der Waals surface area (Å²) in [5.74, 6) is 1.39. The van der Waals surface area contributed by atoms with Crippen LogP contribution in [0, 0.1) is 6.92 Å². The highest BCUT2D eigenvalue weighted by Crippen LogP contribution is 2.36. The molecule has 0 radical (unpaired) electrons. The Morgan fingerprint density at radius 2 is 2.06 bits per heavy atom. The van der Waals surface area contributed by atoms with Gasteiger partial charge in [-0.2, -0.15) is 5.10 Å². The van der Waals surface area contributed by atoms with Crippen LogP contribution in [0.15, 0.2) is 18.2 Å². The van der Waals surface area contributed by atoms with E-state index in [9.17, 15) is 0 Å². The van der Waals surface area contributed by atoms with Gasteiger partial charge in [0, 0.05) is 7.05 Å². The Hall–Kier alpha value is -0.900. The Morgan fingerprint density at radius 3 is 2.72 bits per heavy atom. The number of hydrogen-bond donors (Lipinski definition) is 0. The van der Waals surface area contributed by atoms with Crippen molar-refractivity contribution in [2.45, 2.75) is 12.8 Å². The van der Waals surface area contributed by atoms with E-state index in [1.54, 1.807) is 29.9 Å². The summed E-state index contributed by atoms with van der Waals surface area (Å²) in [6.45, 7) is 1.88. The minimum Gasteiger partial charge on any atom is -0.437 e. The number of rotatable bonds is 3. The zero-order valence-electron chi connectivity index (χ0n) is 9.88. The van der Waals surface area contributed by atoms with Gasteiger partial charge in [-0.1, -0.05) is 29.3 Å². The monoisotopic (exact) mass is 304 g/mol. The first kappa shape index (κ1) is 13.5. The molecular formula is C12H11Cl3N2O. The average molecular weight is 306 g/mol. The van der Waals surface area contributed by atoms with E-state index >= 15 is 0 Å². The maximum Gasteiger partial charge on any atom is 0.222 e. The second-order valence-electron chi connectivity index (χ2n) is 3.78. The number of benzene rings is 1. The first-order valence-corrected chi connectivity index (χ1v) is 6.54. The average Bonchev–Trinajstić information content (AvgIpc) is 2.59. The molecule has 96 valence electrons. The molecule has 0 unspecified atom stereocenters. The Balaban J connectivity index is 2.43. The molecule has 0 atom stereocenters. The van der Waals surface area contributed by atoms with Crippen LogP contribution < -0.4 is 4.74 Å². The first-order valence-electron chi connectivity index (χ1n) is 5.25. The SMILES string of the molecule is Cc1nn(C)c(Oc2cccc(Cl)c2Cl)c1CCl. The smallest absolute Gasteiger partial charge is 0.222 e. The van der Waals surface area contributed by atoms with Crippen molar-refractivity contribution in [2.75, 3.05) is 0 Å². The summed E-state index contributed by atoms with van der Waals surface area (Å²) in [5, 5.41) is 5.08. The largest absolute Gasteiger partial charge is 0.437 e. The lowest BCUT2D eigenvalue weighted by Gasteiger charge is -2.09. The molecule has 3 nitrogen and oxygen atoms in total. The van der Waals surface area contributed by atoms with Crippen molar-refractivity contribution < 1.29 is 4.74 Å². The van der Waals surface area contributed by atoms with Gasteiger partial charge in [-0.15, -0.1) is 11.6 Å². The highest BCUT2D eigenvalue weighted by molar-refractivity contribution is 6.42. The molecule has 6 heteroatoms. The first-order chi connectivity index (χ1) is 8.54. The molecule has 0 bridgehead atoms. The second-order valence-corrected chi connectivity index (χ2v) is 4.83. The van der Waals surface area contributed by atoms with Crippen LogP contribution in [-0.2, 0) is 12.9 Å². The number of aryl methyl sites for hydroxylation is 2. The van der Waals surface area contributed by atoms with Crippen molar-refractivity contribution in [3.05, 3.63) is 39.5 Å². The molecule has 1 aromatic carbocycles. The van der Waals surface area contributed by atoms with E-state index in [2.05, 4.69) is 5.10 Å². The van der Waals surface area contributed by atoms with E-state index in [-0.39, 0.29) is 0 Å². The molecule has 1 heterocycles. The Morgan fingerprint density at radius 1 is 1.33 bits per heavy atom. The maximum atomic E-state index is 6.08. The summed E-state index contributed by atoms with van der Waals surface area (Å²) < 4.78 is 7.39. The summed E-state index contributed by atoms with van der Waals surface area (Å²) in [6, 6.07) is 5.22. The van der Waals surface area contributed by atoms with Gasteiger partial charge in [0.25, 0.3) is 0 Å². The van der Waals surface area contributed by atoms with Crippen LogP contribution in [0.25, 0.3) is 0 Å². The lowest BCUT2D eigenvalue weighted by atomic mass is 10.3. The molecular weight excluding hydrogens is 295 g/mol. The van der Waals surface area contributed by atoms with Crippen molar-refractivity contribution >= 4 is 34.8 Å². The molecule has 2 aromatic rings. The standard InChI is InChI=1S/C12H11Cl3N2O/c1-7-8(6-13)12(17(2)16-7)18-10-5-3-4-9(14)11(10)15/h3-5H,6H2,1-2H3. The lowest BCUT2D eigenvalue weighted by Crippen LogP contribution is -1.97. The predicted molar refractivity (Wildman–Crippen MR) is 74.0 cm³/mol. The zero-order valence-corrected chi connectivity index (χ0v) is 12.1. The fourth-order valence-electron chi connectivity index (χ4n) is 1.63. The molecule has 0 N–H and O–H groups in total. The van der Waals surface area contributed by atoms with Gasteiger partial charge < -0.3 is 4.74 Å². The van der Waals surface area contributed by atoms with Crippen molar-refractivity contribution in [3.8, 4) is 11.6 Å². The number of alkyl halides is 1. The summed E-state index contributed by atoms with van der Waals surface area (Å²) in [7, 11) is 1.79. The normalized spacial score (nSPS) is 10.7. The number of hydrogen-bond acceptors (Lipinski definition) is 2. The number of ether oxygens (including phenoxy) is 1. The third-order valence-electron chi connectivity index (χ3n) is 2.55. The van der Waals surface area contributed by atoms with Crippen LogP contribution in [0.3, 0.4) is 0 Å². The number of halogens is 3. The molecule has 0 saturated carbocycles. The summed E-state index contributed by atoms with van der Waals surface area (Å²) in [5.41, 5.74) is 1.68. The molecule has 0 amide bonds. The molecule has 0 spiro atoms. The fourth-order valence-corrected chi connectivity index (χ4v) is 2.27.